The SMILES string of the molecule is C=CCC[C@H]1CO[C@H]([C@H]2CC[C@H](c3cc(F)c(COC)c(F)c3)CC2)OC1. The van der Waals surface area contributed by atoms with Gasteiger partial charge in [0.15, 0.2) is 6.29 Å². The molecule has 27 heavy (non-hydrogen) atoms. The summed E-state index contributed by atoms with van der Waals surface area (Å²) in [6, 6.07) is 2.94. The van der Waals surface area contributed by atoms with Crippen LogP contribution in [-0.2, 0) is 20.8 Å². The Kier molecular flexibility index (Phi) is 7.39. The summed E-state index contributed by atoms with van der Waals surface area (Å²) in [5.41, 5.74) is 0.753. The number of benzene rings is 1. The number of methoxy groups -OCH3 is 1. The first-order valence-electron chi connectivity index (χ1n) is 9.93. The molecule has 0 radical (unpaired) electrons. The van der Waals surface area contributed by atoms with Crippen molar-refractivity contribution in [3.8, 4) is 0 Å². The Hall–Kier alpha value is -1.30. The fourth-order valence-electron chi connectivity index (χ4n) is 4.22. The first-order valence-corrected chi connectivity index (χ1v) is 9.93. The highest BCUT2D eigenvalue weighted by molar-refractivity contribution is 5.28. The number of ether oxygens (including phenoxy) is 3. The third-order valence-corrected chi connectivity index (χ3v) is 5.85. The van der Waals surface area contributed by atoms with Crippen molar-refractivity contribution < 1.29 is 23.0 Å². The van der Waals surface area contributed by atoms with Crippen molar-refractivity contribution >= 4 is 0 Å². The molecule has 150 valence electrons. The number of halogens is 2. The molecule has 5 heteroatoms. The molecular weight excluding hydrogens is 350 g/mol. The van der Waals surface area contributed by atoms with E-state index in [2.05, 4.69) is 6.58 Å². The van der Waals surface area contributed by atoms with E-state index in [1.54, 1.807) is 0 Å². The van der Waals surface area contributed by atoms with Crippen molar-refractivity contribution in [3.63, 3.8) is 0 Å². The zero-order chi connectivity index (χ0) is 19.2. The summed E-state index contributed by atoms with van der Waals surface area (Å²) in [7, 11) is 1.44. The Morgan fingerprint density at radius 1 is 1.11 bits per heavy atom. The number of allylic oxidation sites excluding steroid dienone is 1. The molecule has 1 saturated carbocycles. The molecule has 0 bridgehead atoms. The predicted octanol–water partition coefficient (Wildman–Crippen LogP) is 5.34. The second-order valence-electron chi connectivity index (χ2n) is 7.77. The average Bonchev–Trinajstić information content (AvgIpc) is 2.69. The molecule has 0 N–H and O–H groups in total. The van der Waals surface area contributed by atoms with Gasteiger partial charge in [-0.1, -0.05) is 6.08 Å². The molecule has 0 spiro atoms. The molecule has 1 aromatic carbocycles. The van der Waals surface area contributed by atoms with Crippen LogP contribution in [0.1, 0.15) is 55.6 Å². The summed E-state index contributed by atoms with van der Waals surface area (Å²) in [5.74, 6) is -0.0287. The summed E-state index contributed by atoms with van der Waals surface area (Å²) in [5, 5.41) is 0. The van der Waals surface area contributed by atoms with Crippen LogP contribution >= 0.6 is 0 Å². The molecule has 1 saturated heterocycles. The number of hydrogen-bond acceptors (Lipinski definition) is 3. The topological polar surface area (TPSA) is 27.7 Å². The van der Waals surface area contributed by atoms with E-state index in [4.69, 9.17) is 14.2 Å². The Labute approximate surface area is 160 Å². The average molecular weight is 380 g/mol. The van der Waals surface area contributed by atoms with Crippen molar-refractivity contribution in [2.24, 2.45) is 11.8 Å². The minimum Gasteiger partial charge on any atom is -0.380 e. The zero-order valence-electron chi connectivity index (χ0n) is 16.1. The van der Waals surface area contributed by atoms with Crippen LogP contribution in [0.25, 0.3) is 0 Å². The summed E-state index contributed by atoms with van der Waals surface area (Å²) in [4.78, 5) is 0. The van der Waals surface area contributed by atoms with Crippen LogP contribution in [0.2, 0.25) is 0 Å². The number of rotatable bonds is 7. The Morgan fingerprint density at radius 3 is 2.30 bits per heavy atom. The molecule has 2 fully saturated rings. The Bertz CT molecular complexity index is 595. The second kappa shape index (κ2) is 9.76. The summed E-state index contributed by atoms with van der Waals surface area (Å²) >= 11 is 0. The molecule has 1 heterocycles. The van der Waals surface area contributed by atoms with Crippen LogP contribution in [0.3, 0.4) is 0 Å². The van der Waals surface area contributed by atoms with E-state index >= 15 is 0 Å². The van der Waals surface area contributed by atoms with Crippen LogP contribution in [0.5, 0.6) is 0 Å². The van der Waals surface area contributed by atoms with Crippen molar-refractivity contribution in [1.82, 2.24) is 0 Å². The monoisotopic (exact) mass is 380 g/mol. The van der Waals surface area contributed by atoms with Crippen molar-refractivity contribution in [2.75, 3.05) is 20.3 Å². The summed E-state index contributed by atoms with van der Waals surface area (Å²) < 4.78 is 45.1. The van der Waals surface area contributed by atoms with Gasteiger partial charge >= 0.3 is 0 Å². The van der Waals surface area contributed by atoms with Gasteiger partial charge in [-0.05, 0) is 62.1 Å². The first kappa shape index (κ1) is 20.4. The molecular formula is C22H30F2O3. The van der Waals surface area contributed by atoms with Crippen molar-refractivity contribution in [1.29, 1.82) is 0 Å². The van der Waals surface area contributed by atoms with Crippen LogP contribution < -0.4 is 0 Å². The lowest BCUT2D eigenvalue weighted by molar-refractivity contribution is -0.229. The van der Waals surface area contributed by atoms with Gasteiger partial charge in [-0.2, -0.15) is 0 Å². The first-order chi connectivity index (χ1) is 13.1. The van der Waals surface area contributed by atoms with Gasteiger partial charge < -0.3 is 14.2 Å². The smallest absolute Gasteiger partial charge is 0.160 e. The predicted molar refractivity (Wildman–Crippen MR) is 100 cm³/mol. The number of hydrogen-bond donors (Lipinski definition) is 0. The van der Waals surface area contributed by atoms with E-state index in [9.17, 15) is 8.78 Å². The maximum absolute atomic E-state index is 14.2. The highest BCUT2D eigenvalue weighted by Gasteiger charge is 2.33. The van der Waals surface area contributed by atoms with Gasteiger partial charge in [0.1, 0.15) is 11.6 Å². The van der Waals surface area contributed by atoms with Gasteiger partial charge in [-0.25, -0.2) is 8.78 Å². The van der Waals surface area contributed by atoms with Crippen LogP contribution in [0.15, 0.2) is 24.8 Å². The molecule has 0 atom stereocenters. The van der Waals surface area contributed by atoms with E-state index < -0.39 is 11.6 Å². The largest absolute Gasteiger partial charge is 0.380 e. The molecule has 2 aliphatic rings. The highest BCUT2D eigenvalue weighted by Crippen LogP contribution is 2.39. The summed E-state index contributed by atoms with van der Waals surface area (Å²) in [6.45, 7) is 5.20. The lowest BCUT2D eigenvalue weighted by Gasteiger charge is -2.37. The van der Waals surface area contributed by atoms with E-state index in [1.165, 1.54) is 19.2 Å². The standard InChI is InChI=1S/C22H30F2O3/c1-3-4-5-15-12-26-22(27-13-15)17-8-6-16(7-9-17)18-10-20(23)19(14-25-2)21(24)11-18/h3,10-11,15-17,22H,1,4-9,12-14H2,2H3/t15-,16-,17-,22-. The molecule has 0 aromatic heterocycles. The normalized spacial score (nSPS) is 28.9. The van der Waals surface area contributed by atoms with Gasteiger partial charge in [0.25, 0.3) is 0 Å². The fraction of sp³-hybridized carbons (Fsp3) is 0.636. The zero-order valence-corrected chi connectivity index (χ0v) is 16.1. The molecule has 3 nitrogen and oxygen atoms in total. The van der Waals surface area contributed by atoms with Gasteiger partial charge in [0, 0.05) is 24.5 Å². The minimum atomic E-state index is -0.515. The quantitative estimate of drug-likeness (QED) is 0.598. The maximum Gasteiger partial charge on any atom is 0.160 e. The third kappa shape index (κ3) is 5.15. The van der Waals surface area contributed by atoms with Gasteiger partial charge in [-0.3, -0.25) is 0 Å². The highest BCUT2D eigenvalue weighted by atomic mass is 19.1. The van der Waals surface area contributed by atoms with Gasteiger partial charge in [0.05, 0.1) is 19.8 Å². The van der Waals surface area contributed by atoms with Crippen LogP contribution in [0, 0.1) is 23.5 Å². The van der Waals surface area contributed by atoms with Crippen LogP contribution in [0.4, 0.5) is 8.78 Å². The van der Waals surface area contributed by atoms with E-state index in [-0.39, 0.29) is 24.4 Å². The van der Waals surface area contributed by atoms with Gasteiger partial charge in [0.2, 0.25) is 0 Å². The maximum atomic E-state index is 14.2. The summed E-state index contributed by atoms with van der Waals surface area (Å²) in [6.07, 6.45) is 7.55. The molecule has 0 unspecified atom stereocenters. The molecule has 1 aliphatic carbocycles. The van der Waals surface area contributed by atoms with Crippen molar-refractivity contribution in [3.05, 3.63) is 47.5 Å². The van der Waals surface area contributed by atoms with Gasteiger partial charge in [-0.15, -0.1) is 6.58 Å². The minimum absolute atomic E-state index is 0.00458. The molecule has 0 amide bonds. The Morgan fingerprint density at radius 2 is 1.74 bits per heavy atom. The van der Waals surface area contributed by atoms with E-state index in [0.29, 0.717) is 11.8 Å². The third-order valence-electron chi connectivity index (χ3n) is 5.85. The molecule has 3 rings (SSSR count). The fourth-order valence-corrected chi connectivity index (χ4v) is 4.22. The van der Waals surface area contributed by atoms with Crippen LogP contribution in [-0.4, -0.2) is 26.6 Å². The molecule has 1 aromatic rings. The molecule has 1 aliphatic heterocycles. The lowest BCUT2D eigenvalue weighted by Crippen LogP contribution is -2.38. The van der Waals surface area contributed by atoms with E-state index in [0.717, 1.165) is 57.3 Å². The van der Waals surface area contributed by atoms with E-state index in [1.807, 2.05) is 6.08 Å². The lowest BCUT2D eigenvalue weighted by atomic mass is 9.78. The Balaban J connectivity index is 1.51. The van der Waals surface area contributed by atoms with Crippen molar-refractivity contribution in [2.45, 2.75) is 57.3 Å². The second-order valence-corrected chi connectivity index (χ2v) is 7.77.